The molecule has 2 heterocycles. The number of hydrogen-bond acceptors (Lipinski definition) is 7. The second-order valence-corrected chi connectivity index (χ2v) is 11.6. The Morgan fingerprint density at radius 2 is 1.79 bits per heavy atom. The number of imidazole rings is 1. The number of hydrogen-bond donors (Lipinski definition) is 2. The predicted molar refractivity (Wildman–Crippen MR) is 150 cm³/mol. The number of nitrogens with zero attached hydrogens (tertiary/aromatic N) is 2. The first-order valence-corrected chi connectivity index (χ1v) is 14.8. The van der Waals surface area contributed by atoms with Crippen LogP contribution in [0.25, 0.3) is 16.9 Å². The molecule has 0 bridgehead atoms. The zero-order valence-corrected chi connectivity index (χ0v) is 24.1. The van der Waals surface area contributed by atoms with Crippen molar-refractivity contribution in [3.63, 3.8) is 0 Å². The molecule has 226 valence electrons. The third-order valence-corrected chi connectivity index (χ3v) is 7.59. The van der Waals surface area contributed by atoms with Crippen molar-refractivity contribution in [3.8, 4) is 16.9 Å². The number of alkyl halides is 3. The molecule has 4 rings (SSSR count). The van der Waals surface area contributed by atoms with Crippen LogP contribution >= 0.6 is 0 Å². The van der Waals surface area contributed by atoms with E-state index in [9.17, 15) is 36.0 Å². The van der Waals surface area contributed by atoms with E-state index in [1.54, 1.807) is 6.92 Å². The highest BCUT2D eigenvalue weighted by molar-refractivity contribution is 7.90. The lowest BCUT2D eigenvalue weighted by atomic mass is 10.1. The molecule has 0 saturated carbocycles. The van der Waals surface area contributed by atoms with E-state index >= 15 is 0 Å². The van der Waals surface area contributed by atoms with E-state index in [4.69, 9.17) is 4.74 Å². The normalized spacial score (nSPS) is 11.8. The van der Waals surface area contributed by atoms with E-state index in [0.717, 1.165) is 29.0 Å². The van der Waals surface area contributed by atoms with Gasteiger partial charge in [-0.15, -0.1) is 0 Å². The van der Waals surface area contributed by atoms with Crippen molar-refractivity contribution in [2.45, 2.75) is 37.9 Å². The van der Waals surface area contributed by atoms with Gasteiger partial charge in [0.05, 0.1) is 29.0 Å². The molecule has 0 unspecified atom stereocenters. The minimum atomic E-state index is -4.68. The van der Waals surface area contributed by atoms with Crippen LogP contribution in [0.3, 0.4) is 0 Å². The summed E-state index contributed by atoms with van der Waals surface area (Å²) < 4.78 is 69.9. The smallest absolute Gasteiger partial charge is 0.416 e. The minimum Gasteiger partial charge on any atom is -0.466 e. The lowest BCUT2D eigenvalue weighted by molar-refractivity contribution is -0.142. The molecule has 0 fully saturated rings. The molecule has 2 aromatic heterocycles. The van der Waals surface area contributed by atoms with Gasteiger partial charge in [0, 0.05) is 29.7 Å². The fraction of sp³-hybridized carbons (Fsp3) is 0.241. The summed E-state index contributed by atoms with van der Waals surface area (Å²) in [5.74, 6) is -1.10. The Balaban J connectivity index is 1.77. The summed E-state index contributed by atoms with van der Waals surface area (Å²) in [6, 6.07) is 11.2. The molecule has 0 aliphatic rings. The van der Waals surface area contributed by atoms with Gasteiger partial charge >= 0.3 is 12.1 Å². The molecule has 2 N–H and O–H groups in total. The molecule has 0 atom stereocenters. The maximum absolute atomic E-state index is 13.6. The number of benzene rings is 2. The Hall–Kier alpha value is -4.72. The maximum Gasteiger partial charge on any atom is 0.416 e. The van der Waals surface area contributed by atoms with Gasteiger partial charge in [0.1, 0.15) is 17.8 Å². The molecule has 1 amide bonds. The highest BCUT2D eigenvalue weighted by Gasteiger charge is 2.31. The molecule has 10 nitrogen and oxygen atoms in total. The fourth-order valence-electron chi connectivity index (χ4n) is 4.34. The molecule has 0 aliphatic carbocycles. The van der Waals surface area contributed by atoms with Gasteiger partial charge in [-0.2, -0.15) is 13.2 Å². The van der Waals surface area contributed by atoms with Crippen LogP contribution in [-0.4, -0.2) is 47.7 Å². The number of rotatable bonds is 9. The van der Waals surface area contributed by atoms with E-state index in [-0.39, 0.29) is 52.8 Å². The summed E-state index contributed by atoms with van der Waals surface area (Å²) in [5, 5.41) is 2.60. The fourth-order valence-corrected chi connectivity index (χ4v) is 4.97. The third-order valence-electron chi connectivity index (χ3n) is 6.46. The number of H-pyrrole nitrogens is 1. The Labute approximate surface area is 244 Å². The van der Waals surface area contributed by atoms with Gasteiger partial charge in [-0.1, -0.05) is 18.2 Å². The van der Waals surface area contributed by atoms with Gasteiger partial charge in [0.2, 0.25) is 0 Å². The molecule has 2 aromatic carbocycles. The van der Waals surface area contributed by atoms with Gasteiger partial charge in [-0.05, 0) is 55.8 Å². The third kappa shape index (κ3) is 7.20. The maximum atomic E-state index is 13.6. The summed E-state index contributed by atoms with van der Waals surface area (Å²) in [5.41, 5.74) is -0.985. The first-order chi connectivity index (χ1) is 20.2. The topological polar surface area (TPSA) is 140 Å². The van der Waals surface area contributed by atoms with Crippen LogP contribution in [0.1, 0.15) is 39.9 Å². The van der Waals surface area contributed by atoms with Crippen molar-refractivity contribution in [1.82, 2.24) is 19.9 Å². The molecule has 0 radical (unpaired) electrons. The van der Waals surface area contributed by atoms with Crippen LogP contribution in [0.4, 0.5) is 13.2 Å². The molecular weight excluding hydrogens is 589 g/mol. The summed E-state index contributed by atoms with van der Waals surface area (Å²) in [6.07, 6.45) is -2.41. The van der Waals surface area contributed by atoms with E-state index < -0.39 is 39.0 Å². The van der Waals surface area contributed by atoms with Crippen LogP contribution in [0.5, 0.6) is 0 Å². The van der Waals surface area contributed by atoms with Gasteiger partial charge in [-0.3, -0.25) is 19.0 Å². The quantitative estimate of drug-likeness (QED) is 0.271. The highest BCUT2D eigenvalue weighted by Crippen LogP contribution is 2.31. The van der Waals surface area contributed by atoms with E-state index in [1.165, 1.54) is 49.5 Å². The first-order valence-electron chi connectivity index (χ1n) is 12.9. The van der Waals surface area contributed by atoms with Crippen LogP contribution in [0.15, 0.2) is 70.5 Å². The Bertz CT molecular complexity index is 1850. The van der Waals surface area contributed by atoms with Crippen molar-refractivity contribution in [2.24, 2.45) is 0 Å². The monoisotopic (exact) mass is 616 g/mol. The second kappa shape index (κ2) is 12.3. The Morgan fingerprint density at radius 1 is 1.09 bits per heavy atom. The van der Waals surface area contributed by atoms with Crippen LogP contribution < -0.4 is 10.9 Å². The lowest BCUT2D eigenvalue weighted by Crippen LogP contribution is -2.33. The predicted octanol–water partition coefficient (Wildman–Crippen LogP) is 3.99. The number of carbonyl (C=O) groups excluding carboxylic acids is 2. The lowest BCUT2D eigenvalue weighted by Gasteiger charge is -2.17. The van der Waals surface area contributed by atoms with E-state index in [1.807, 2.05) is 0 Å². The van der Waals surface area contributed by atoms with Gasteiger partial charge in [0.25, 0.3) is 11.5 Å². The summed E-state index contributed by atoms with van der Waals surface area (Å²) in [4.78, 5) is 46.1. The van der Waals surface area contributed by atoms with Gasteiger partial charge < -0.3 is 15.0 Å². The Kier molecular flexibility index (Phi) is 8.90. The molecule has 0 saturated heterocycles. The minimum absolute atomic E-state index is 0.0666. The summed E-state index contributed by atoms with van der Waals surface area (Å²) in [6.45, 7) is 3.27. The van der Waals surface area contributed by atoms with E-state index in [2.05, 4.69) is 15.3 Å². The Morgan fingerprint density at radius 3 is 2.42 bits per heavy atom. The number of halogens is 3. The molecule has 0 spiro atoms. The molecular formula is C29H27F3N4O6S. The van der Waals surface area contributed by atoms with Crippen LogP contribution in [-0.2, 0) is 38.5 Å². The number of aromatic nitrogens is 3. The molecule has 4 aromatic rings. The zero-order chi connectivity index (χ0) is 31.5. The van der Waals surface area contributed by atoms with E-state index in [0.29, 0.717) is 11.3 Å². The van der Waals surface area contributed by atoms with Gasteiger partial charge in [0.15, 0.2) is 9.84 Å². The average molecular weight is 617 g/mol. The molecule has 0 aliphatic heterocycles. The van der Waals surface area contributed by atoms with Crippen molar-refractivity contribution in [3.05, 3.63) is 99.4 Å². The summed E-state index contributed by atoms with van der Waals surface area (Å²) >= 11 is 0. The van der Waals surface area contributed by atoms with Crippen LogP contribution in [0, 0.1) is 6.92 Å². The van der Waals surface area contributed by atoms with Crippen molar-refractivity contribution >= 4 is 21.7 Å². The highest BCUT2D eigenvalue weighted by atomic mass is 32.2. The van der Waals surface area contributed by atoms with Crippen LogP contribution in [0.2, 0.25) is 0 Å². The van der Waals surface area contributed by atoms with Crippen molar-refractivity contribution in [2.75, 3.05) is 12.9 Å². The number of ether oxygens (including phenoxy) is 1. The summed E-state index contributed by atoms with van der Waals surface area (Å²) in [7, 11) is -3.42. The largest absolute Gasteiger partial charge is 0.466 e. The molecule has 14 heteroatoms. The second-order valence-electron chi connectivity index (χ2n) is 9.57. The SMILES string of the molecule is CCOC(=O)Cc1ncc(-c2cc(C(=O)NCc3ccc(S(C)(=O)=O)cc3)c(=O)n(-c3cccc(C(F)(F)F)c3)c2C)[nH]1. The molecule has 43 heavy (non-hydrogen) atoms. The van der Waals surface area contributed by atoms with Crippen molar-refractivity contribution < 1.29 is 35.9 Å². The number of carbonyl (C=O) groups is 2. The number of pyridine rings is 1. The number of esters is 1. The number of aromatic amines is 1. The van der Waals surface area contributed by atoms with Gasteiger partial charge in [-0.25, -0.2) is 13.4 Å². The van der Waals surface area contributed by atoms with Crippen molar-refractivity contribution in [1.29, 1.82) is 0 Å². The number of amides is 1. The number of sulfone groups is 1. The standard InChI is InChI=1S/C29H27F3N4O6S/c1-4-42-26(37)14-25-33-16-24(35-25)22-13-23(27(38)34-15-18-8-10-21(11-9-18)43(3,40)41)28(39)36(17(22)2)20-7-5-6-19(12-20)29(30,31)32/h5-13,16H,4,14-15H2,1-3H3,(H,33,35)(H,34,38). The zero-order valence-electron chi connectivity index (χ0n) is 23.3. The average Bonchev–Trinajstić information content (AvgIpc) is 3.39. The number of nitrogens with one attached hydrogen (secondary N) is 2. The first kappa shape index (κ1) is 31.2.